The smallest absolute Gasteiger partial charge is 0.325 e. The molecule has 1 heterocycles. The number of esters is 1. The lowest BCUT2D eigenvalue weighted by Crippen LogP contribution is -2.56. The minimum atomic E-state index is -0.497. The summed E-state index contributed by atoms with van der Waals surface area (Å²) < 4.78 is 5.28. The molecule has 0 radical (unpaired) electrons. The number of nitrogens with one attached hydrogen (secondary N) is 1. The van der Waals surface area contributed by atoms with Crippen LogP contribution in [0.1, 0.15) is 48.0 Å². The molecule has 0 fully saturated rings. The Morgan fingerprint density at radius 3 is 2.50 bits per heavy atom. The molecule has 0 saturated heterocycles. The number of nitrogens with zero attached hydrogens (tertiary/aromatic N) is 1. The molecular weight excluding hydrogens is 256 g/mol. The first-order chi connectivity index (χ1) is 9.11. The molecule has 0 bridgehead atoms. The van der Waals surface area contributed by atoms with Crippen LogP contribution in [0.15, 0.2) is 11.6 Å². The fourth-order valence-corrected chi connectivity index (χ4v) is 1.82. The van der Waals surface area contributed by atoms with E-state index in [-0.39, 0.29) is 18.0 Å². The summed E-state index contributed by atoms with van der Waals surface area (Å²) in [6.45, 7) is 11.7. The molecular formula is C15H26N2O3. The summed E-state index contributed by atoms with van der Waals surface area (Å²) in [4.78, 5) is 24.2. The van der Waals surface area contributed by atoms with Gasteiger partial charge in [0, 0.05) is 12.0 Å². The molecule has 0 spiro atoms. The van der Waals surface area contributed by atoms with E-state index < -0.39 is 11.5 Å². The summed E-state index contributed by atoms with van der Waals surface area (Å²) in [5.41, 5.74) is 3.47. The van der Waals surface area contributed by atoms with Gasteiger partial charge in [-0.3, -0.25) is 15.0 Å². The van der Waals surface area contributed by atoms with Crippen LogP contribution in [0.2, 0.25) is 0 Å². The lowest BCUT2D eigenvalue weighted by Gasteiger charge is -2.35. The molecule has 1 aliphatic heterocycles. The monoisotopic (exact) mass is 282 g/mol. The fourth-order valence-electron chi connectivity index (χ4n) is 1.82. The Morgan fingerprint density at radius 1 is 1.40 bits per heavy atom. The number of amides is 1. The van der Waals surface area contributed by atoms with Crippen molar-refractivity contribution >= 4 is 11.9 Å². The Bertz CT molecular complexity index is 408. The molecule has 1 N–H and O–H groups in total. The Kier molecular flexibility index (Phi) is 5.34. The first-order valence-corrected chi connectivity index (χ1v) is 7.05. The van der Waals surface area contributed by atoms with Crippen molar-refractivity contribution in [3.05, 3.63) is 11.6 Å². The standard InChI is InChI=1S/C15H26N2O3/c1-10(2)20-13(18)12-9-11(3)7-8-17(12)16-14(19)15(4,5)6/h7,10,12H,8-9H2,1-6H3,(H,16,19)/t12-/m0/s1. The van der Waals surface area contributed by atoms with Crippen molar-refractivity contribution in [1.82, 2.24) is 10.4 Å². The van der Waals surface area contributed by atoms with Gasteiger partial charge < -0.3 is 4.74 Å². The SMILES string of the molecule is CC1=CCN(NC(=O)C(C)(C)C)[C@H](C(=O)OC(C)C)C1. The summed E-state index contributed by atoms with van der Waals surface area (Å²) in [7, 11) is 0. The molecule has 0 aromatic heterocycles. The molecule has 0 aromatic rings. The summed E-state index contributed by atoms with van der Waals surface area (Å²) in [5, 5.41) is 1.67. The molecule has 20 heavy (non-hydrogen) atoms. The van der Waals surface area contributed by atoms with Crippen LogP contribution in [0, 0.1) is 5.41 Å². The minimum Gasteiger partial charge on any atom is -0.462 e. The van der Waals surface area contributed by atoms with Crippen LogP contribution in [0.5, 0.6) is 0 Å². The van der Waals surface area contributed by atoms with Crippen molar-refractivity contribution in [2.45, 2.75) is 60.1 Å². The largest absolute Gasteiger partial charge is 0.462 e. The third-order valence-corrected chi connectivity index (χ3v) is 3.08. The van der Waals surface area contributed by atoms with Crippen molar-refractivity contribution in [3.63, 3.8) is 0 Å². The van der Waals surface area contributed by atoms with Gasteiger partial charge in [0.15, 0.2) is 0 Å². The molecule has 1 aliphatic rings. The van der Waals surface area contributed by atoms with Crippen LogP contribution >= 0.6 is 0 Å². The van der Waals surface area contributed by atoms with Gasteiger partial charge in [-0.2, -0.15) is 0 Å². The second-order valence-electron chi connectivity index (χ2n) is 6.60. The number of hydrazine groups is 1. The minimum absolute atomic E-state index is 0.104. The molecule has 1 atom stereocenters. The normalized spacial score (nSPS) is 20.6. The number of carbonyl (C=O) groups excluding carboxylic acids is 2. The molecule has 5 heteroatoms. The molecule has 0 aliphatic carbocycles. The second kappa shape index (κ2) is 6.39. The first-order valence-electron chi connectivity index (χ1n) is 7.05. The van der Waals surface area contributed by atoms with E-state index in [1.54, 1.807) is 5.01 Å². The summed E-state index contributed by atoms with van der Waals surface area (Å²) >= 11 is 0. The fraction of sp³-hybridized carbons (Fsp3) is 0.733. The zero-order valence-corrected chi connectivity index (χ0v) is 13.3. The van der Waals surface area contributed by atoms with E-state index >= 15 is 0 Å². The van der Waals surface area contributed by atoms with Crippen LogP contribution in [-0.2, 0) is 14.3 Å². The van der Waals surface area contributed by atoms with E-state index in [1.165, 1.54) is 0 Å². The van der Waals surface area contributed by atoms with Gasteiger partial charge in [0.1, 0.15) is 6.04 Å². The van der Waals surface area contributed by atoms with E-state index in [2.05, 4.69) is 5.43 Å². The van der Waals surface area contributed by atoms with Crippen LogP contribution in [0.4, 0.5) is 0 Å². The number of hydrogen-bond donors (Lipinski definition) is 1. The molecule has 0 unspecified atom stereocenters. The highest BCUT2D eigenvalue weighted by molar-refractivity contribution is 5.82. The maximum Gasteiger partial charge on any atom is 0.325 e. The maximum atomic E-state index is 12.2. The topological polar surface area (TPSA) is 58.6 Å². The van der Waals surface area contributed by atoms with Crippen LogP contribution < -0.4 is 5.43 Å². The Morgan fingerprint density at radius 2 is 2.00 bits per heavy atom. The highest BCUT2D eigenvalue weighted by Gasteiger charge is 2.33. The first kappa shape index (κ1) is 16.7. The van der Waals surface area contributed by atoms with Crippen LogP contribution in [0.3, 0.4) is 0 Å². The summed E-state index contributed by atoms with van der Waals surface area (Å²) in [6.07, 6.45) is 2.44. The molecule has 5 nitrogen and oxygen atoms in total. The molecule has 0 saturated carbocycles. The number of carbonyl (C=O) groups is 2. The average molecular weight is 282 g/mol. The average Bonchev–Trinajstić information content (AvgIpc) is 2.29. The highest BCUT2D eigenvalue weighted by Crippen LogP contribution is 2.19. The van der Waals surface area contributed by atoms with Crippen molar-refractivity contribution < 1.29 is 14.3 Å². The van der Waals surface area contributed by atoms with E-state index in [0.717, 1.165) is 5.57 Å². The molecule has 1 rings (SSSR count). The Balaban J connectivity index is 2.80. The van der Waals surface area contributed by atoms with E-state index in [1.807, 2.05) is 47.6 Å². The van der Waals surface area contributed by atoms with Crippen LogP contribution in [-0.4, -0.2) is 35.6 Å². The van der Waals surface area contributed by atoms with Gasteiger partial charge in [0.25, 0.3) is 0 Å². The van der Waals surface area contributed by atoms with Crippen molar-refractivity contribution in [1.29, 1.82) is 0 Å². The Labute approximate surface area is 121 Å². The quantitative estimate of drug-likeness (QED) is 0.635. The lowest BCUT2D eigenvalue weighted by atomic mass is 9.96. The van der Waals surface area contributed by atoms with Gasteiger partial charge >= 0.3 is 5.97 Å². The van der Waals surface area contributed by atoms with Gasteiger partial charge in [-0.15, -0.1) is 0 Å². The third-order valence-electron chi connectivity index (χ3n) is 3.08. The highest BCUT2D eigenvalue weighted by atomic mass is 16.5. The predicted octanol–water partition coefficient (Wildman–Crippen LogP) is 2.04. The van der Waals surface area contributed by atoms with E-state index in [9.17, 15) is 9.59 Å². The van der Waals surface area contributed by atoms with E-state index in [0.29, 0.717) is 13.0 Å². The lowest BCUT2D eigenvalue weighted by molar-refractivity contribution is -0.157. The van der Waals surface area contributed by atoms with E-state index in [4.69, 9.17) is 4.74 Å². The molecule has 114 valence electrons. The molecule has 0 aromatic carbocycles. The van der Waals surface area contributed by atoms with Gasteiger partial charge in [0.05, 0.1) is 6.10 Å². The maximum absolute atomic E-state index is 12.2. The van der Waals surface area contributed by atoms with Crippen LogP contribution in [0.25, 0.3) is 0 Å². The van der Waals surface area contributed by atoms with Crippen molar-refractivity contribution in [2.24, 2.45) is 5.41 Å². The van der Waals surface area contributed by atoms with Crippen molar-refractivity contribution in [3.8, 4) is 0 Å². The van der Waals surface area contributed by atoms with Gasteiger partial charge in [0.2, 0.25) is 5.91 Å². The van der Waals surface area contributed by atoms with Gasteiger partial charge in [-0.1, -0.05) is 32.4 Å². The summed E-state index contributed by atoms with van der Waals surface area (Å²) in [6, 6.07) is -0.450. The van der Waals surface area contributed by atoms with Gasteiger partial charge in [-0.25, -0.2) is 5.01 Å². The Hall–Kier alpha value is -1.36. The number of ether oxygens (including phenoxy) is 1. The zero-order valence-electron chi connectivity index (χ0n) is 13.3. The summed E-state index contributed by atoms with van der Waals surface area (Å²) in [5.74, 6) is -0.394. The van der Waals surface area contributed by atoms with Crippen molar-refractivity contribution in [2.75, 3.05) is 6.54 Å². The predicted molar refractivity (Wildman–Crippen MR) is 77.7 cm³/mol. The molecule has 1 amide bonds. The second-order valence-corrected chi connectivity index (χ2v) is 6.60. The van der Waals surface area contributed by atoms with Gasteiger partial charge in [-0.05, 0) is 27.2 Å². The number of rotatable bonds is 3. The zero-order chi connectivity index (χ0) is 15.5. The number of hydrogen-bond acceptors (Lipinski definition) is 4. The third kappa shape index (κ3) is 4.63.